The lowest BCUT2D eigenvalue weighted by molar-refractivity contribution is 0.240. The fourth-order valence-electron chi connectivity index (χ4n) is 1.19. The number of nitrogen functional groups attached to an aromatic ring is 2. The molecule has 2 heterocycles. The van der Waals surface area contributed by atoms with Gasteiger partial charge in [0.1, 0.15) is 12.4 Å². The second-order valence-electron chi connectivity index (χ2n) is 3.01. The molecule has 2 aromatic heterocycles. The van der Waals surface area contributed by atoms with Gasteiger partial charge in [-0.2, -0.15) is 9.77 Å². The van der Waals surface area contributed by atoms with Crippen LogP contribution < -0.4 is 11.6 Å². The zero-order chi connectivity index (χ0) is 11.5. The van der Waals surface area contributed by atoms with Crippen molar-refractivity contribution in [3.8, 4) is 11.8 Å². The van der Waals surface area contributed by atoms with E-state index >= 15 is 0 Å². The molecule has 16 heavy (non-hydrogen) atoms. The highest BCUT2D eigenvalue weighted by atomic mass is 16.5. The Kier molecular flexibility index (Phi) is 2.57. The van der Waals surface area contributed by atoms with Gasteiger partial charge in [0.25, 0.3) is 0 Å². The van der Waals surface area contributed by atoms with Gasteiger partial charge in [-0.15, -0.1) is 5.10 Å². The topological polar surface area (TPSA) is 105 Å². The molecule has 0 fully saturated rings. The van der Waals surface area contributed by atoms with Crippen LogP contribution in [0.5, 0.6) is 0 Å². The molecular weight excluding hydrogens is 208 g/mol. The minimum atomic E-state index is 0.306. The van der Waals surface area contributed by atoms with Crippen LogP contribution in [0.4, 0.5) is 5.82 Å². The molecular formula is C9H10N6O. The standard InChI is InChI=1S/C9H10N6O/c1-16-4-2-3-7-12-8(10)6-5-15(11)14-9(6)13-7/h5H,4,11H2,1H3,(H2,10,12,13,14). The molecule has 0 unspecified atom stereocenters. The third kappa shape index (κ3) is 1.87. The number of methoxy groups -OCH3 is 1. The Balaban J connectivity index is 2.46. The molecule has 0 spiro atoms. The Morgan fingerprint density at radius 2 is 2.31 bits per heavy atom. The summed E-state index contributed by atoms with van der Waals surface area (Å²) in [6.07, 6.45) is 1.55. The third-order valence-corrected chi connectivity index (χ3v) is 1.84. The van der Waals surface area contributed by atoms with Crippen LogP contribution in [0.2, 0.25) is 0 Å². The monoisotopic (exact) mass is 218 g/mol. The normalized spacial score (nSPS) is 10.1. The molecule has 0 aliphatic rings. The van der Waals surface area contributed by atoms with Crippen LogP contribution in [0.25, 0.3) is 11.0 Å². The van der Waals surface area contributed by atoms with Crippen molar-refractivity contribution in [3.63, 3.8) is 0 Å². The van der Waals surface area contributed by atoms with E-state index in [0.717, 1.165) is 4.79 Å². The molecule has 7 nitrogen and oxygen atoms in total. The zero-order valence-corrected chi connectivity index (χ0v) is 8.64. The molecule has 0 atom stereocenters. The highest BCUT2D eigenvalue weighted by Crippen LogP contribution is 2.14. The van der Waals surface area contributed by atoms with Crippen molar-refractivity contribution in [1.82, 2.24) is 19.9 Å². The van der Waals surface area contributed by atoms with Gasteiger partial charge in [0, 0.05) is 7.11 Å². The fraction of sp³-hybridized carbons (Fsp3) is 0.222. The second kappa shape index (κ2) is 4.04. The summed E-state index contributed by atoms with van der Waals surface area (Å²) < 4.78 is 4.79. The molecule has 0 aliphatic heterocycles. The Labute approximate surface area is 91.4 Å². The number of nitrogens with two attached hydrogens (primary N) is 2. The molecule has 2 aromatic rings. The van der Waals surface area contributed by atoms with Gasteiger partial charge in [-0.25, -0.2) is 4.98 Å². The van der Waals surface area contributed by atoms with Crippen molar-refractivity contribution in [1.29, 1.82) is 0 Å². The molecule has 2 rings (SSSR count). The van der Waals surface area contributed by atoms with E-state index in [0.29, 0.717) is 29.3 Å². The predicted octanol–water partition coefficient (Wildman–Crippen LogP) is -0.880. The van der Waals surface area contributed by atoms with Crippen LogP contribution >= 0.6 is 0 Å². The molecule has 0 saturated carbocycles. The molecule has 0 saturated heterocycles. The minimum Gasteiger partial charge on any atom is -0.383 e. The van der Waals surface area contributed by atoms with E-state index in [-0.39, 0.29) is 0 Å². The van der Waals surface area contributed by atoms with Gasteiger partial charge in [0.15, 0.2) is 5.65 Å². The summed E-state index contributed by atoms with van der Waals surface area (Å²) in [7, 11) is 1.56. The number of aromatic nitrogens is 4. The van der Waals surface area contributed by atoms with E-state index in [9.17, 15) is 0 Å². The summed E-state index contributed by atoms with van der Waals surface area (Å²) in [6.45, 7) is 0.312. The summed E-state index contributed by atoms with van der Waals surface area (Å²) in [4.78, 5) is 9.25. The van der Waals surface area contributed by atoms with E-state index in [1.165, 1.54) is 0 Å². The highest BCUT2D eigenvalue weighted by Gasteiger charge is 2.07. The van der Waals surface area contributed by atoms with Crippen LogP contribution in [0.15, 0.2) is 6.20 Å². The second-order valence-corrected chi connectivity index (χ2v) is 3.01. The Hall–Kier alpha value is -2.33. The summed E-state index contributed by atoms with van der Waals surface area (Å²) in [5, 5.41) is 4.54. The van der Waals surface area contributed by atoms with Crippen LogP contribution in [-0.2, 0) is 4.74 Å². The average molecular weight is 218 g/mol. The molecule has 0 aliphatic carbocycles. The summed E-state index contributed by atoms with van der Waals surface area (Å²) >= 11 is 0. The smallest absolute Gasteiger partial charge is 0.209 e. The summed E-state index contributed by atoms with van der Waals surface area (Å²) in [6, 6.07) is 0. The van der Waals surface area contributed by atoms with E-state index < -0.39 is 0 Å². The lowest BCUT2D eigenvalue weighted by Crippen LogP contribution is -2.07. The van der Waals surface area contributed by atoms with Crippen molar-refractivity contribution in [2.75, 3.05) is 25.3 Å². The number of hydrogen-bond donors (Lipinski definition) is 2. The predicted molar refractivity (Wildman–Crippen MR) is 58.6 cm³/mol. The maximum atomic E-state index is 5.72. The molecule has 0 bridgehead atoms. The van der Waals surface area contributed by atoms with Crippen LogP contribution in [0, 0.1) is 11.8 Å². The Morgan fingerprint density at radius 3 is 3.06 bits per heavy atom. The molecule has 7 heteroatoms. The first-order valence-electron chi connectivity index (χ1n) is 4.46. The van der Waals surface area contributed by atoms with E-state index in [1.807, 2.05) is 0 Å². The van der Waals surface area contributed by atoms with Crippen LogP contribution in [0.3, 0.4) is 0 Å². The number of rotatable bonds is 1. The van der Waals surface area contributed by atoms with Crippen molar-refractivity contribution in [2.45, 2.75) is 0 Å². The SMILES string of the molecule is COCC#Cc1nc(N)c2cn(N)nc2n1. The minimum absolute atomic E-state index is 0.306. The van der Waals surface area contributed by atoms with E-state index in [2.05, 4.69) is 26.9 Å². The average Bonchev–Trinajstić information content (AvgIpc) is 2.60. The number of ether oxygens (including phenoxy) is 1. The van der Waals surface area contributed by atoms with Gasteiger partial charge in [0.05, 0.1) is 11.6 Å². The first-order chi connectivity index (χ1) is 7.70. The molecule has 4 N–H and O–H groups in total. The van der Waals surface area contributed by atoms with Crippen molar-refractivity contribution >= 4 is 16.9 Å². The van der Waals surface area contributed by atoms with E-state index in [1.54, 1.807) is 13.3 Å². The number of fused-ring (bicyclic) bond motifs is 1. The fourth-order valence-corrected chi connectivity index (χ4v) is 1.19. The Bertz CT molecular complexity index is 579. The van der Waals surface area contributed by atoms with Gasteiger partial charge in [-0.05, 0) is 5.92 Å². The lowest BCUT2D eigenvalue weighted by Gasteiger charge is -1.94. The molecule has 82 valence electrons. The first-order valence-corrected chi connectivity index (χ1v) is 4.46. The van der Waals surface area contributed by atoms with Gasteiger partial charge in [-0.3, -0.25) is 0 Å². The Morgan fingerprint density at radius 1 is 1.50 bits per heavy atom. The highest BCUT2D eigenvalue weighted by molar-refractivity contribution is 5.84. The van der Waals surface area contributed by atoms with Gasteiger partial charge in [0.2, 0.25) is 5.82 Å². The van der Waals surface area contributed by atoms with Gasteiger partial charge < -0.3 is 16.3 Å². The van der Waals surface area contributed by atoms with Crippen molar-refractivity contribution in [2.24, 2.45) is 0 Å². The van der Waals surface area contributed by atoms with Crippen molar-refractivity contribution in [3.05, 3.63) is 12.0 Å². The molecule has 0 radical (unpaired) electrons. The largest absolute Gasteiger partial charge is 0.383 e. The molecule has 0 amide bonds. The van der Waals surface area contributed by atoms with Crippen LogP contribution in [0.1, 0.15) is 5.82 Å². The van der Waals surface area contributed by atoms with Gasteiger partial charge in [-0.1, -0.05) is 5.92 Å². The summed E-state index contributed by atoms with van der Waals surface area (Å²) in [5.74, 6) is 11.5. The van der Waals surface area contributed by atoms with Crippen molar-refractivity contribution < 1.29 is 4.74 Å². The summed E-state index contributed by atoms with van der Waals surface area (Å²) in [5.41, 5.74) is 6.14. The third-order valence-electron chi connectivity index (χ3n) is 1.84. The number of anilines is 1. The lowest BCUT2D eigenvalue weighted by atomic mass is 10.4. The van der Waals surface area contributed by atoms with Crippen LogP contribution in [-0.4, -0.2) is 33.6 Å². The molecule has 0 aromatic carbocycles. The van der Waals surface area contributed by atoms with Gasteiger partial charge >= 0.3 is 0 Å². The number of nitrogens with zero attached hydrogens (tertiary/aromatic N) is 4. The zero-order valence-electron chi connectivity index (χ0n) is 8.64. The quantitative estimate of drug-likeness (QED) is 0.475. The van der Waals surface area contributed by atoms with E-state index in [4.69, 9.17) is 16.3 Å². The maximum absolute atomic E-state index is 5.72. The maximum Gasteiger partial charge on any atom is 0.209 e. The number of hydrogen-bond acceptors (Lipinski definition) is 6. The first kappa shape index (κ1) is 10.2.